The molecular weight excluding hydrogens is 346 g/mol. The molecular formula is C21H21NO5. The molecule has 0 spiro atoms. The number of nitrogens with one attached hydrogen (secondary N) is 1. The van der Waals surface area contributed by atoms with Crippen molar-refractivity contribution in [2.75, 3.05) is 13.2 Å². The van der Waals surface area contributed by atoms with E-state index in [0.29, 0.717) is 13.0 Å². The molecule has 140 valence electrons. The molecule has 2 atom stereocenters. The third-order valence-corrected chi connectivity index (χ3v) is 5.22. The Labute approximate surface area is 157 Å². The van der Waals surface area contributed by atoms with Gasteiger partial charge in [0.15, 0.2) is 6.04 Å². The van der Waals surface area contributed by atoms with Crippen LogP contribution in [0.1, 0.15) is 29.9 Å². The van der Waals surface area contributed by atoms with Gasteiger partial charge in [-0.15, -0.1) is 0 Å². The number of carbonyl (C=O) groups excluding carboxylic acids is 1. The first kappa shape index (κ1) is 17.5. The highest BCUT2D eigenvalue weighted by Gasteiger charge is 2.34. The maximum atomic E-state index is 12.2. The fourth-order valence-electron chi connectivity index (χ4n) is 3.95. The minimum atomic E-state index is -1.12. The summed E-state index contributed by atoms with van der Waals surface area (Å²) in [5.41, 5.74) is 4.51. The van der Waals surface area contributed by atoms with E-state index in [2.05, 4.69) is 17.4 Å². The van der Waals surface area contributed by atoms with Crippen molar-refractivity contribution in [3.05, 3.63) is 59.7 Å². The molecule has 0 radical (unpaired) electrons. The minimum Gasteiger partial charge on any atom is -0.480 e. The predicted molar refractivity (Wildman–Crippen MR) is 98.6 cm³/mol. The lowest BCUT2D eigenvalue weighted by Crippen LogP contribution is -2.48. The molecule has 1 heterocycles. The van der Waals surface area contributed by atoms with Crippen LogP contribution < -0.4 is 5.32 Å². The Bertz CT molecular complexity index is 814. The molecule has 2 unspecified atom stereocenters. The highest BCUT2D eigenvalue weighted by atomic mass is 16.6. The normalized spacial score (nSPS) is 19.2. The van der Waals surface area contributed by atoms with Gasteiger partial charge in [-0.3, -0.25) is 0 Å². The van der Waals surface area contributed by atoms with E-state index in [1.807, 2.05) is 36.4 Å². The maximum Gasteiger partial charge on any atom is 0.407 e. The van der Waals surface area contributed by atoms with E-state index in [0.717, 1.165) is 28.7 Å². The van der Waals surface area contributed by atoms with Crippen LogP contribution in [0, 0.1) is 0 Å². The number of ether oxygens (including phenoxy) is 2. The number of fused-ring (bicyclic) bond motifs is 3. The van der Waals surface area contributed by atoms with Gasteiger partial charge in [0.2, 0.25) is 0 Å². The van der Waals surface area contributed by atoms with Gasteiger partial charge < -0.3 is 19.9 Å². The Balaban J connectivity index is 1.45. The van der Waals surface area contributed by atoms with Gasteiger partial charge >= 0.3 is 12.1 Å². The minimum absolute atomic E-state index is 0.0610. The first-order valence-electron chi connectivity index (χ1n) is 9.11. The average molecular weight is 367 g/mol. The second-order valence-corrected chi connectivity index (χ2v) is 6.84. The molecule has 1 saturated heterocycles. The van der Waals surface area contributed by atoms with Crippen LogP contribution in [0.2, 0.25) is 0 Å². The first-order chi connectivity index (χ1) is 13.1. The molecule has 6 nitrogen and oxygen atoms in total. The molecule has 2 aromatic carbocycles. The summed E-state index contributed by atoms with van der Waals surface area (Å²) in [5, 5.41) is 11.8. The van der Waals surface area contributed by atoms with Crippen LogP contribution in [0.15, 0.2) is 48.5 Å². The van der Waals surface area contributed by atoms with Crippen LogP contribution in [0.25, 0.3) is 11.1 Å². The van der Waals surface area contributed by atoms with Gasteiger partial charge in [0, 0.05) is 12.5 Å². The summed E-state index contributed by atoms with van der Waals surface area (Å²) in [6.45, 7) is 0.665. The van der Waals surface area contributed by atoms with E-state index in [9.17, 15) is 14.7 Å². The molecule has 1 fully saturated rings. The lowest BCUT2D eigenvalue weighted by Gasteiger charge is -2.21. The van der Waals surface area contributed by atoms with E-state index in [-0.39, 0.29) is 12.5 Å². The van der Waals surface area contributed by atoms with Crippen molar-refractivity contribution in [3.8, 4) is 11.1 Å². The van der Waals surface area contributed by atoms with Gasteiger partial charge in [-0.1, -0.05) is 48.5 Å². The molecule has 27 heavy (non-hydrogen) atoms. The van der Waals surface area contributed by atoms with E-state index in [1.165, 1.54) is 0 Å². The van der Waals surface area contributed by atoms with Crippen molar-refractivity contribution in [3.63, 3.8) is 0 Å². The van der Waals surface area contributed by atoms with Crippen LogP contribution in [0.4, 0.5) is 4.79 Å². The van der Waals surface area contributed by atoms with Crippen molar-refractivity contribution < 1.29 is 24.2 Å². The van der Waals surface area contributed by atoms with E-state index >= 15 is 0 Å². The molecule has 1 aliphatic carbocycles. The summed E-state index contributed by atoms with van der Waals surface area (Å²) in [6, 6.07) is 15.0. The molecule has 2 aromatic rings. The van der Waals surface area contributed by atoms with E-state index in [1.54, 1.807) is 0 Å². The number of carboxylic acids is 1. The van der Waals surface area contributed by atoms with Gasteiger partial charge in [0.1, 0.15) is 6.61 Å². The summed E-state index contributed by atoms with van der Waals surface area (Å²) in [5.74, 6) is -1.18. The van der Waals surface area contributed by atoms with Gasteiger partial charge in [0.05, 0.1) is 6.10 Å². The zero-order valence-electron chi connectivity index (χ0n) is 14.8. The molecule has 2 aliphatic rings. The largest absolute Gasteiger partial charge is 0.480 e. The topological polar surface area (TPSA) is 84.9 Å². The molecule has 2 N–H and O–H groups in total. The SMILES string of the molecule is O=C(NC(C(=O)O)C1CCCO1)OCC1c2ccccc2-c2ccccc21. The van der Waals surface area contributed by atoms with Crippen molar-refractivity contribution in [2.24, 2.45) is 0 Å². The highest BCUT2D eigenvalue weighted by Crippen LogP contribution is 2.44. The van der Waals surface area contributed by atoms with Crippen LogP contribution >= 0.6 is 0 Å². The molecule has 6 heteroatoms. The average Bonchev–Trinajstić information content (AvgIpc) is 3.31. The smallest absolute Gasteiger partial charge is 0.407 e. The van der Waals surface area contributed by atoms with Crippen LogP contribution in [-0.4, -0.2) is 42.5 Å². The second-order valence-electron chi connectivity index (χ2n) is 6.84. The molecule has 1 aliphatic heterocycles. The predicted octanol–water partition coefficient (Wildman–Crippen LogP) is 3.16. The molecule has 4 rings (SSSR count). The number of rotatable bonds is 5. The quantitative estimate of drug-likeness (QED) is 0.848. The standard InChI is InChI=1S/C21H21NO5/c23-20(24)19(18-10-5-11-26-18)22-21(25)27-12-17-15-8-3-1-6-13(15)14-7-2-4-9-16(14)17/h1-4,6-9,17-19H,5,10-12H2,(H,22,25)(H,23,24). The molecule has 1 amide bonds. The van der Waals surface area contributed by atoms with E-state index in [4.69, 9.17) is 9.47 Å². The van der Waals surface area contributed by atoms with Gasteiger partial charge in [-0.25, -0.2) is 9.59 Å². The van der Waals surface area contributed by atoms with Crippen molar-refractivity contribution in [2.45, 2.75) is 30.9 Å². The summed E-state index contributed by atoms with van der Waals surface area (Å²) < 4.78 is 10.8. The summed E-state index contributed by atoms with van der Waals surface area (Å²) in [4.78, 5) is 23.7. The van der Waals surface area contributed by atoms with Crippen molar-refractivity contribution in [1.29, 1.82) is 0 Å². The van der Waals surface area contributed by atoms with Crippen LogP contribution in [0.3, 0.4) is 0 Å². The Morgan fingerprint density at radius 1 is 1.11 bits per heavy atom. The van der Waals surface area contributed by atoms with Crippen molar-refractivity contribution in [1.82, 2.24) is 5.32 Å². The number of alkyl carbamates (subject to hydrolysis) is 1. The summed E-state index contributed by atoms with van der Waals surface area (Å²) in [7, 11) is 0. The lowest BCUT2D eigenvalue weighted by atomic mass is 9.98. The Hall–Kier alpha value is -2.86. The first-order valence-corrected chi connectivity index (χ1v) is 9.11. The number of hydrogen-bond donors (Lipinski definition) is 2. The zero-order valence-corrected chi connectivity index (χ0v) is 14.8. The number of carbonyl (C=O) groups is 2. The van der Waals surface area contributed by atoms with Crippen LogP contribution in [-0.2, 0) is 14.3 Å². The Kier molecular flexibility index (Phi) is 4.81. The van der Waals surface area contributed by atoms with Gasteiger partial charge in [0.25, 0.3) is 0 Å². The molecule has 0 aromatic heterocycles. The number of amides is 1. The fourth-order valence-corrected chi connectivity index (χ4v) is 3.95. The number of aliphatic carboxylic acids is 1. The third-order valence-electron chi connectivity index (χ3n) is 5.22. The number of benzene rings is 2. The monoisotopic (exact) mass is 367 g/mol. The van der Waals surface area contributed by atoms with Crippen molar-refractivity contribution >= 4 is 12.1 Å². The number of hydrogen-bond acceptors (Lipinski definition) is 4. The third kappa shape index (κ3) is 3.40. The maximum absolute atomic E-state index is 12.2. The zero-order chi connectivity index (χ0) is 18.8. The Morgan fingerprint density at radius 2 is 1.74 bits per heavy atom. The van der Waals surface area contributed by atoms with E-state index < -0.39 is 24.2 Å². The number of carboxylic acid groups (broad SMARTS) is 1. The van der Waals surface area contributed by atoms with Gasteiger partial charge in [-0.2, -0.15) is 0 Å². The molecule has 0 saturated carbocycles. The second kappa shape index (κ2) is 7.40. The summed E-state index contributed by atoms with van der Waals surface area (Å²) in [6.07, 6.45) is 0.157. The fraction of sp³-hybridized carbons (Fsp3) is 0.333. The van der Waals surface area contributed by atoms with Crippen LogP contribution in [0.5, 0.6) is 0 Å². The Morgan fingerprint density at radius 3 is 2.30 bits per heavy atom. The van der Waals surface area contributed by atoms with Gasteiger partial charge in [-0.05, 0) is 35.1 Å². The highest BCUT2D eigenvalue weighted by molar-refractivity contribution is 5.81. The molecule has 0 bridgehead atoms. The summed E-state index contributed by atoms with van der Waals surface area (Å²) >= 11 is 0. The lowest BCUT2D eigenvalue weighted by molar-refractivity contribution is -0.142.